The van der Waals surface area contributed by atoms with Crippen molar-refractivity contribution in [3.8, 4) is 0 Å². The van der Waals surface area contributed by atoms with E-state index in [-0.39, 0.29) is 0 Å². The van der Waals surface area contributed by atoms with Crippen molar-refractivity contribution in [1.82, 2.24) is 4.98 Å². The van der Waals surface area contributed by atoms with Gasteiger partial charge in [0.2, 0.25) is 0 Å². The maximum Gasteiger partial charge on any atom is 0.0495 e. The third kappa shape index (κ3) is 1.24. The van der Waals surface area contributed by atoms with Crippen molar-refractivity contribution in [2.75, 3.05) is 0 Å². The lowest BCUT2D eigenvalue weighted by Gasteiger charge is -2.02. The van der Waals surface area contributed by atoms with Crippen molar-refractivity contribution < 1.29 is 0 Å². The molecule has 2 heteroatoms. The molecule has 1 heterocycles. The molecule has 2 rings (SSSR count). The Hall–Kier alpha value is -0.950. The van der Waals surface area contributed by atoms with Gasteiger partial charge in [-0.1, -0.05) is 6.07 Å². The van der Waals surface area contributed by atoms with Crippen molar-refractivity contribution in [3.05, 3.63) is 35.0 Å². The minimum atomic E-state index is 0.574. The first kappa shape index (κ1) is 8.64. The van der Waals surface area contributed by atoms with Crippen LogP contribution in [0.25, 0.3) is 10.9 Å². The van der Waals surface area contributed by atoms with Crippen LogP contribution in [0.5, 0.6) is 0 Å². The summed E-state index contributed by atoms with van der Waals surface area (Å²) in [6.45, 7) is 4.27. The monoisotopic (exact) mass is 193 g/mol. The molecule has 0 bridgehead atoms. The van der Waals surface area contributed by atoms with Gasteiger partial charge < -0.3 is 4.98 Å². The van der Waals surface area contributed by atoms with Gasteiger partial charge in [-0.25, -0.2) is 0 Å². The molecule has 2 aromatic rings. The number of benzene rings is 1. The van der Waals surface area contributed by atoms with Crippen LogP contribution in [0, 0.1) is 13.8 Å². The normalized spacial score (nSPS) is 11.0. The van der Waals surface area contributed by atoms with Crippen LogP contribution < -0.4 is 0 Å². The lowest BCUT2D eigenvalue weighted by atomic mass is 10.0. The topological polar surface area (TPSA) is 15.8 Å². The summed E-state index contributed by atoms with van der Waals surface area (Å²) in [6.07, 6.45) is 1.99. The molecule has 13 heavy (non-hydrogen) atoms. The highest BCUT2D eigenvalue weighted by molar-refractivity contribution is 6.18. The second kappa shape index (κ2) is 3.08. The van der Waals surface area contributed by atoms with Gasteiger partial charge in [-0.3, -0.25) is 0 Å². The number of halogens is 1. The van der Waals surface area contributed by atoms with E-state index in [1.165, 1.54) is 27.6 Å². The first-order valence-electron chi connectivity index (χ1n) is 4.36. The molecular weight excluding hydrogens is 182 g/mol. The molecule has 0 aliphatic carbocycles. The fourth-order valence-electron chi connectivity index (χ4n) is 1.69. The Balaban J connectivity index is 2.85. The van der Waals surface area contributed by atoms with E-state index in [9.17, 15) is 0 Å². The van der Waals surface area contributed by atoms with Crippen LogP contribution in [0.2, 0.25) is 0 Å². The minimum absolute atomic E-state index is 0.574. The van der Waals surface area contributed by atoms with Crippen molar-refractivity contribution in [1.29, 1.82) is 0 Å². The zero-order chi connectivity index (χ0) is 9.42. The predicted molar refractivity (Wildman–Crippen MR) is 57.3 cm³/mol. The Morgan fingerprint density at radius 3 is 2.77 bits per heavy atom. The minimum Gasteiger partial charge on any atom is -0.361 e. The van der Waals surface area contributed by atoms with Crippen LogP contribution in [0.15, 0.2) is 18.3 Å². The van der Waals surface area contributed by atoms with E-state index in [0.29, 0.717) is 5.88 Å². The third-order valence-corrected chi connectivity index (χ3v) is 2.89. The molecule has 0 atom stereocenters. The quantitative estimate of drug-likeness (QED) is 0.667. The van der Waals surface area contributed by atoms with Gasteiger partial charge in [0.05, 0.1) is 0 Å². The zero-order valence-electron chi connectivity index (χ0n) is 7.82. The van der Waals surface area contributed by atoms with E-state index < -0.39 is 0 Å². The van der Waals surface area contributed by atoms with Crippen molar-refractivity contribution in [3.63, 3.8) is 0 Å². The molecule has 1 aromatic heterocycles. The molecular formula is C11H12ClN. The van der Waals surface area contributed by atoms with Gasteiger partial charge in [-0.05, 0) is 36.6 Å². The van der Waals surface area contributed by atoms with Gasteiger partial charge in [0.1, 0.15) is 0 Å². The van der Waals surface area contributed by atoms with Crippen LogP contribution in [0.4, 0.5) is 0 Å². The molecule has 0 unspecified atom stereocenters. The molecule has 0 saturated carbocycles. The van der Waals surface area contributed by atoms with Gasteiger partial charge in [0.15, 0.2) is 0 Å². The van der Waals surface area contributed by atoms with E-state index in [1.807, 2.05) is 6.20 Å². The average molecular weight is 194 g/mol. The van der Waals surface area contributed by atoms with E-state index in [1.54, 1.807) is 0 Å². The maximum absolute atomic E-state index is 5.85. The molecule has 0 aliphatic heterocycles. The highest BCUT2D eigenvalue weighted by Gasteiger charge is 2.06. The second-order valence-corrected chi connectivity index (χ2v) is 3.64. The van der Waals surface area contributed by atoms with E-state index >= 15 is 0 Å². The summed E-state index contributed by atoms with van der Waals surface area (Å²) >= 11 is 5.85. The van der Waals surface area contributed by atoms with E-state index in [2.05, 4.69) is 31.0 Å². The summed E-state index contributed by atoms with van der Waals surface area (Å²) in [6, 6.07) is 4.24. The number of nitrogens with one attached hydrogen (secondary N) is 1. The number of hydrogen-bond donors (Lipinski definition) is 1. The number of aromatic amines is 1. The van der Waals surface area contributed by atoms with Crippen LogP contribution >= 0.6 is 11.6 Å². The summed E-state index contributed by atoms with van der Waals surface area (Å²) in [7, 11) is 0. The van der Waals surface area contributed by atoms with Crippen LogP contribution in [-0.2, 0) is 5.88 Å². The first-order valence-corrected chi connectivity index (χ1v) is 4.89. The summed E-state index contributed by atoms with van der Waals surface area (Å²) < 4.78 is 0. The molecule has 1 N–H and O–H groups in total. The van der Waals surface area contributed by atoms with Crippen LogP contribution in [0.1, 0.15) is 16.7 Å². The Labute approximate surface area is 82.7 Å². The Kier molecular flexibility index (Phi) is 2.04. The fourth-order valence-corrected chi connectivity index (χ4v) is 1.90. The summed E-state index contributed by atoms with van der Waals surface area (Å²) in [4.78, 5) is 3.22. The van der Waals surface area contributed by atoms with Crippen molar-refractivity contribution >= 4 is 22.5 Å². The van der Waals surface area contributed by atoms with E-state index in [0.717, 1.165) is 0 Å². The average Bonchev–Trinajstić information content (AvgIpc) is 2.55. The van der Waals surface area contributed by atoms with Crippen molar-refractivity contribution in [2.24, 2.45) is 0 Å². The number of H-pyrrole nitrogens is 1. The third-order valence-electron chi connectivity index (χ3n) is 2.60. The molecule has 0 radical (unpaired) electrons. The molecule has 0 amide bonds. The first-order chi connectivity index (χ1) is 6.24. The van der Waals surface area contributed by atoms with Gasteiger partial charge in [0, 0.05) is 23.0 Å². The SMILES string of the molecule is Cc1ccc2[nH]cc(CCl)c2c1C. The van der Waals surface area contributed by atoms with Crippen molar-refractivity contribution in [2.45, 2.75) is 19.7 Å². The van der Waals surface area contributed by atoms with E-state index in [4.69, 9.17) is 11.6 Å². The molecule has 0 fully saturated rings. The number of aromatic nitrogens is 1. The largest absolute Gasteiger partial charge is 0.361 e. The van der Waals surface area contributed by atoms with Gasteiger partial charge in [0.25, 0.3) is 0 Å². The molecule has 0 spiro atoms. The molecule has 0 aliphatic rings. The van der Waals surface area contributed by atoms with Crippen LogP contribution in [0.3, 0.4) is 0 Å². The lowest BCUT2D eigenvalue weighted by molar-refractivity contribution is 1.36. The number of aryl methyl sites for hydroxylation is 2. The van der Waals surface area contributed by atoms with Gasteiger partial charge in [-0.2, -0.15) is 0 Å². The standard InChI is InChI=1S/C11H12ClN/c1-7-3-4-10-11(8(7)2)9(5-12)6-13-10/h3-4,6,13H,5H2,1-2H3. The number of rotatable bonds is 1. The fraction of sp³-hybridized carbons (Fsp3) is 0.273. The summed E-state index contributed by atoms with van der Waals surface area (Å²) in [5.41, 5.74) is 5.02. The Morgan fingerprint density at radius 2 is 2.08 bits per heavy atom. The highest BCUT2D eigenvalue weighted by atomic mass is 35.5. The van der Waals surface area contributed by atoms with Crippen LogP contribution in [-0.4, -0.2) is 4.98 Å². The van der Waals surface area contributed by atoms with Gasteiger partial charge >= 0.3 is 0 Å². The lowest BCUT2D eigenvalue weighted by Crippen LogP contribution is -1.83. The molecule has 1 aromatic carbocycles. The number of alkyl halides is 1. The molecule has 0 saturated heterocycles. The number of fused-ring (bicyclic) bond motifs is 1. The summed E-state index contributed by atoms with van der Waals surface area (Å²) in [5.74, 6) is 0.574. The second-order valence-electron chi connectivity index (χ2n) is 3.38. The molecule has 68 valence electrons. The highest BCUT2D eigenvalue weighted by Crippen LogP contribution is 2.25. The summed E-state index contributed by atoms with van der Waals surface area (Å²) in [5, 5.41) is 1.29. The van der Waals surface area contributed by atoms with Gasteiger partial charge in [-0.15, -0.1) is 11.6 Å². The molecule has 1 nitrogen and oxygen atoms in total. The Bertz CT molecular complexity index is 443. The maximum atomic E-state index is 5.85. The predicted octanol–water partition coefficient (Wildman–Crippen LogP) is 3.52. The zero-order valence-corrected chi connectivity index (χ0v) is 8.57. The number of hydrogen-bond acceptors (Lipinski definition) is 0. The Morgan fingerprint density at radius 1 is 1.31 bits per heavy atom. The smallest absolute Gasteiger partial charge is 0.0495 e.